The van der Waals surface area contributed by atoms with Gasteiger partial charge in [-0.15, -0.1) is 0 Å². The molecule has 2 nitrogen and oxygen atoms in total. The summed E-state index contributed by atoms with van der Waals surface area (Å²) in [6, 6.07) is 11.0. The van der Waals surface area contributed by atoms with Gasteiger partial charge in [-0.2, -0.15) is 0 Å². The van der Waals surface area contributed by atoms with Crippen LogP contribution in [0.1, 0.15) is 43.6 Å². The predicted octanol–water partition coefficient (Wildman–Crippen LogP) is 2.24. The average molecular weight is 205 g/mol. The van der Waals surface area contributed by atoms with Gasteiger partial charge in [-0.05, 0) is 24.3 Å². The van der Waals surface area contributed by atoms with Gasteiger partial charge in [-0.1, -0.05) is 49.6 Å². The minimum absolute atomic E-state index is 0. The van der Waals surface area contributed by atoms with Crippen molar-refractivity contribution in [2.75, 3.05) is 0 Å². The lowest BCUT2D eigenvalue weighted by atomic mass is 9.84. The third-order valence-electron chi connectivity index (χ3n) is 2.88. The first-order valence-electron chi connectivity index (χ1n) is 5.53. The van der Waals surface area contributed by atoms with Gasteiger partial charge in [0, 0.05) is 0 Å². The molecule has 0 unspecified atom stereocenters. The SMILES string of the molecule is O[B]O.c1ccc(C2CCCCC2)cc1. The molecule has 1 aromatic carbocycles. The van der Waals surface area contributed by atoms with E-state index in [9.17, 15) is 0 Å². The maximum absolute atomic E-state index is 7.00. The van der Waals surface area contributed by atoms with Gasteiger partial charge in [0.05, 0.1) is 0 Å². The van der Waals surface area contributed by atoms with Gasteiger partial charge >= 0.3 is 7.69 Å². The van der Waals surface area contributed by atoms with E-state index in [-0.39, 0.29) is 7.69 Å². The van der Waals surface area contributed by atoms with Crippen LogP contribution in [-0.4, -0.2) is 17.7 Å². The molecule has 2 rings (SSSR count). The Labute approximate surface area is 92.3 Å². The summed E-state index contributed by atoms with van der Waals surface area (Å²) in [4.78, 5) is 0. The lowest BCUT2D eigenvalue weighted by Crippen LogP contribution is -2.03. The molecular formula is C12H18BO2. The highest BCUT2D eigenvalue weighted by molar-refractivity contribution is 6.13. The van der Waals surface area contributed by atoms with Gasteiger partial charge in [0.25, 0.3) is 0 Å². The van der Waals surface area contributed by atoms with E-state index < -0.39 is 0 Å². The summed E-state index contributed by atoms with van der Waals surface area (Å²) in [6.07, 6.45) is 7.12. The summed E-state index contributed by atoms with van der Waals surface area (Å²) in [5.41, 5.74) is 1.55. The molecule has 0 saturated heterocycles. The Balaban J connectivity index is 0.000000337. The summed E-state index contributed by atoms with van der Waals surface area (Å²) >= 11 is 0. The van der Waals surface area contributed by atoms with E-state index in [2.05, 4.69) is 30.3 Å². The molecule has 0 aliphatic heterocycles. The van der Waals surface area contributed by atoms with Crippen LogP contribution in [0, 0.1) is 0 Å². The highest BCUT2D eigenvalue weighted by Gasteiger charge is 2.14. The second-order valence-electron chi connectivity index (χ2n) is 3.86. The van der Waals surface area contributed by atoms with E-state index in [0.29, 0.717) is 0 Å². The van der Waals surface area contributed by atoms with Crippen molar-refractivity contribution in [1.29, 1.82) is 0 Å². The summed E-state index contributed by atoms with van der Waals surface area (Å²) in [5.74, 6) is 0.861. The fourth-order valence-electron chi connectivity index (χ4n) is 2.16. The van der Waals surface area contributed by atoms with Crippen LogP contribution in [0.25, 0.3) is 0 Å². The van der Waals surface area contributed by atoms with Crippen LogP contribution in [0.5, 0.6) is 0 Å². The van der Waals surface area contributed by atoms with Crippen molar-refractivity contribution in [3.8, 4) is 0 Å². The van der Waals surface area contributed by atoms with Gasteiger partial charge in [-0.3, -0.25) is 0 Å². The minimum Gasteiger partial charge on any atom is -0.429 e. The van der Waals surface area contributed by atoms with E-state index >= 15 is 0 Å². The summed E-state index contributed by atoms with van der Waals surface area (Å²) in [7, 11) is 0. The maximum Gasteiger partial charge on any atom is 0.482 e. The zero-order chi connectivity index (χ0) is 10.9. The Morgan fingerprint density at radius 3 is 2.00 bits per heavy atom. The fourth-order valence-corrected chi connectivity index (χ4v) is 2.16. The van der Waals surface area contributed by atoms with Crippen LogP contribution < -0.4 is 0 Å². The molecule has 1 radical (unpaired) electrons. The minimum atomic E-state index is 0. The molecule has 0 bridgehead atoms. The average Bonchev–Trinajstić information content (AvgIpc) is 2.32. The number of hydrogen-bond donors (Lipinski definition) is 2. The van der Waals surface area contributed by atoms with E-state index in [1.165, 1.54) is 32.1 Å². The third-order valence-corrected chi connectivity index (χ3v) is 2.88. The quantitative estimate of drug-likeness (QED) is 0.690. The van der Waals surface area contributed by atoms with Crippen molar-refractivity contribution in [3.63, 3.8) is 0 Å². The van der Waals surface area contributed by atoms with Gasteiger partial charge in [-0.25, -0.2) is 0 Å². The monoisotopic (exact) mass is 205 g/mol. The van der Waals surface area contributed by atoms with E-state index in [4.69, 9.17) is 10.0 Å². The van der Waals surface area contributed by atoms with Crippen molar-refractivity contribution in [3.05, 3.63) is 35.9 Å². The molecule has 1 aliphatic rings. The Kier molecular flexibility index (Phi) is 6.13. The number of rotatable bonds is 1. The molecule has 3 heteroatoms. The third kappa shape index (κ3) is 4.49. The van der Waals surface area contributed by atoms with Crippen molar-refractivity contribution in [2.45, 2.75) is 38.0 Å². The van der Waals surface area contributed by atoms with E-state index in [1.807, 2.05) is 0 Å². The normalized spacial score (nSPS) is 16.4. The zero-order valence-corrected chi connectivity index (χ0v) is 8.97. The van der Waals surface area contributed by atoms with Gasteiger partial charge in [0.15, 0.2) is 0 Å². The highest BCUT2D eigenvalue weighted by atomic mass is 16.4. The first-order chi connectivity index (χ1) is 7.38. The van der Waals surface area contributed by atoms with Crippen molar-refractivity contribution >= 4 is 7.69 Å². The molecule has 0 aromatic heterocycles. The number of hydrogen-bond acceptors (Lipinski definition) is 2. The fraction of sp³-hybridized carbons (Fsp3) is 0.500. The van der Waals surface area contributed by atoms with Crippen LogP contribution in [-0.2, 0) is 0 Å². The molecule has 1 aliphatic carbocycles. The van der Waals surface area contributed by atoms with Crippen LogP contribution in [0.15, 0.2) is 30.3 Å². The Bertz CT molecular complexity index is 245. The lowest BCUT2D eigenvalue weighted by molar-refractivity contribution is 0.443. The Morgan fingerprint density at radius 2 is 1.47 bits per heavy atom. The predicted molar refractivity (Wildman–Crippen MR) is 62.5 cm³/mol. The summed E-state index contributed by atoms with van der Waals surface area (Å²) < 4.78 is 0. The van der Waals surface area contributed by atoms with Crippen molar-refractivity contribution in [2.24, 2.45) is 0 Å². The Hall–Kier alpha value is -0.795. The Morgan fingerprint density at radius 1 is 0.933 bits per heavy atom. The van der Waals surface area contributed by atoms with E-state index in [1.54, 1.807) is 5.56 Å². The van der Waals surface area contributed by atoms with Gasteiger partial charge in [0.1, 0.15) is 0 Å². The summed E-state index contributed by atoms with van der Waals surface area (Å²) in [5, 5.41) is 14.0. The first-order valence-corrected chi connectivity index (χ1v) is 5.53. The van der Waals surface area contributed by atoms with Crippen LogP contribution in [0.3, 0.4) is 0 Å². The molecule has 15 heavy (non-hydrogen) atoms. The molecule has 1 fully saturated rings. The molecular weight excluding hydrogens is 187 g/mol. The molecule has 0 atom stereocenters. The highest BCUT2D eigenvalue weighted by Crippen LogP contribution is 2.31. The molecule has 0 heterocycles. The zero-order valence-electron chi connectivity index (χ0n) is 8.97. The topological polar surface area (TPSA) is 40.5 Å². The van der Waals surface area contributed by atoms with Crippen LogP contribution in [0.4, 0.5) is 0 Å². The molecule has 1 aromatic rings. The van der Waals surface area contributed by atoms with Crippen molar-refractivity contribution in [1.82, 2.24) is 0 Å². The first kappa shape index (κ1) is 12.3. The van der Waals surface area contributed by atoms with Crippen LogP contribution in [0.2, 0.25) is 0 Å². The second kappa shape index (κ2) is 7.49. The number of benzene rings is 1. The lowest BCUT2D eigenvalue weighted by Gasteiger charge is -2.21. The van der Waals surface area contributed by atoms with Gasteiger partial charge < -0.3 is 10.0 Å². The molecule has 0 amide bonds. The van der Waals surface area contributed by atoms with E-state index in [0.717, 1.165) is 5.92 Å². The molecule has 1 saturated carbocycles. The summed E-state index contributed by atoms with van der Waals surface area (Å²) in [6.45, 7) is 0. The molecule has 0 spiro atoms. The smallest absolute Gasteiger partial charge is 0.429 e. The van der Waals surface area contributed by atoms with Crippen LogP contribution >= 0.6 is 0 Å². The largest absolute Gasteiger partial charge is 0.482 e. The standard InChI is InChI=1S/C12H16.BH2O2/c1-3-7-11(8-4-1)12-9-5-2-6-10-12;2-1-3/h1,3-4,7-8,12H,2,5-6,9-10H2;2-3H. The van der Waals surface area contributed by atoms with Crippen molar-refractivity contribution < 1.29 is 10.0 Å². The second-order valence-corrected chi connectivity index (χ2v) is 3.86. The molecule has 81 valence electrons. The molecule has 2 N–H and O–H groups in total. The maximum atomic E-state index is 7.00. The van der Waals surface area contributed by atoms with Gasteiger partial charge in [0.2, 0.25) is 0 Å².